The molecule has 2 saturated carbocycles. The van der Waals surface area contributed by atoms with Crippen molar-refractivity contribution in [1.82, 2.24) is 0 Å². The molecule has 176 valence electrons. The summed E-state index contributed by atoms with van der Waals surface area (Å²) >= 11 is 0. The minimum Gasteiger partial charge on any atom is -0.373 e. The average molecular weight is 439 g/mol. The highest BCUT2D eigenvalue weighted by Gasteiger charge is 2.31. The molecule has 31 heavy (non-hydrogen) atoms. The highest BCUT2D eigenvalue weighted by Crippen LogP contribution is 2.41. The molecule has 0 atom stereocenters. The second-order valence-electron chi connectivity index (χ2n) is 10.0. The van der Waals surface area contributed by atoms with E-state index < -0.39 is 17.5 Å². The highest BCUT2D eigenvalue weighted by atomic mass is 19.2. The summed E-state index contributed by atoms with van der Waals surface area (Å²) in [7, 11) is 0. The number of unbranched alkanes of at least 4 members (excludes halogenated alkanes) is 5. The smallest absolute Gasteiger partial charge is 0.194 e. The van der Waals surface area contributed by atoms with Crippen molar-refractivity contribution in [2.75, 3.05) is 0 Å². The Balaban J connectivity index is 1.30. The molecule has 1 nitrogen and oxygen atoms in total. The van der Waals surface area contributed by atoms with Crippen LogP contribution < -0.4 is 0 Å². The van der Waals surface area contributed by atoms with E-state index in [1.165, 1.54) is 89.5 Å². The van der Waals surface area contributed by atoms with Crippen LogP contribution in [0.5, 0.6) is 0 Å². The molecule has 0 unspecified atom stereocenters. The highest BCUT2D eigenvalue weighted by molar-refractivity contribution is 5.19. The van der Waals surface area contributed by atoms with Crippen LogP contribution in [0.15, 0.2) is 12.1 Å². The first-order valence-electron chi connectivity index (χ1n) is 12.8. The molecular formula is C27H41F3O. The molecule has 3 rings (SSSR count). The summed E-state index contributed by atoms with van der Waals surface area (Å²) < 4.78 is 46.1. The quantitative estimate of drug-likeness (QED) is 0.248. The van der Waals surface area contributed by atoms with Crippen molar-refractivity contribution in [2.45, 2.75) is 116 Å². The lowest BCUT2D eigenvalue weighted by Gasteiger charge is -2.38. The Morgan fingerprint density at radius 2 is 1.35 bits per heavy atom. The second kappa shape index (κ2) is 12.9. The maximum atomic E-state index is 13.8. The predicted octanol–water partition coefficient (Wildman–Crippen LogP) is 8.74. The lowest BCUT2D eigenvalue weighted by atomic mass is 9.70. The van der Waals surface area contributed by atoms with Crippen molar-refractivity contribution in [3.63, 3.8) is 0 Å². The lowest BCUT2D eigenvalue weighted by Crippen LogP contribution is -2.28. The van der Waals surface area contributed by atoms with Gasteiger partial charge in [0.05, 0.1) is 12.7 Å². The average Bonchev–Trinajstić information content (AvgIpc) is 2.80. The SMILES string of the molecule is CCCCCCCCC1CCC(C2CCC(OCc3ccc(F)c(F)c3F)CC2)CC1. The van der Waals surface area contributed by atoms with Gasteiger partial charge in [-0.05, 0) is 62.3 Å². The van der Waals surface area contributed by atoms with Crippen molar-refractivity contribution in [2.24, 2.45) is 17.8 Å². The van der Waals surface area contributed by atoms with Gasteiger partial charge in [-0.25, -0.2) is 13.2 Å². The molecule has 1 aromatic rings. The molecule has 2 fully saturated rings. The van der Waals surface area contributed by atoms with Gasteiger partial charge in [-0.1, -0.05) is 70.8 Å². The van der Waals surface area contributed by atoms with Gasteiger partial charge in [0.2, 0.25) is 0 Å². The first kappa shape index (κ1) is 24.6. The zero-order valence-electron chi connectivity index (χ0n) is 19.3. The van der Waals surface area contributed by atoms with Crippen molar-refractivity contribution < 1.29 is 17.9 Å². The van der Waals surface area contributed by atoms with Crippen LogP contribution >= 0.6 is 0 Å². The number of rotatable bonds is 11. The van der Waals surface area contributed by atoms with Crippen LogP contribution in [0, 0.1) is 35.2 Å². The normalized spacial score (nSPS) is 26.8. The molecular weight excluding hydrogens is 397 g/mol. The molecule has 0 aromatic heterocycles. The number of hydrogen-bond donors (Lipinski definition) is 0. The molecule has 0 saturated heterocycles. The minimum atomic E-state index is -1.41. The molecule has 2 aliphatic carbocycles. The van der Waals surface area contributed by atoms with E-state index in [2.05, 4.69) is 6.92 Å². The topological polar surface area (TPSA) is 9.23 Å². The van der Waals surface area contributed by atoms with E-state index in [-0.39, 0.29) is 18.3 Å². The van der Waals surface area contributed by atoms with E-state index in [1.807, 2.05) is 0 Å². The molecule has 0 bridgehead atoms. The monoisotopic (exact) mass is 438 g/mol. The van der Waals surface area contributed by atoms with E-state index in [0.717, 1.165) is 36.7 Å². The van der Waals surface area contributed by atoms with Crippen molar-refractivity contribution in [3.8, 4) is 0 Å². The maximum absolute atomic E-state index is 13.8. The summed E-state index contributed by atoms with van der Waals surface area (Å²) in [5.74, 6) is -1.06. The first-order valence-corrected chi connectivity index (χ1v) is 12.8. The van der Waals surface area contributed by atoms with Crippen LogP contribution in [0.25, 0.3) is 0 Å². The number of halogens is 3. The summed E-state index contributed by atoms with van der Waals surface area (Å²) in [6.45, 7) is 2.29. The summed E-state index contributed by atoms with van der Waals surface area (Å²) in [6.07, 6.45) is 19.8. The third-order valence-electron chi connectivity index (χ3n) is 7.83. The largest absolute Gasteiger partial charge is 0.373 e. The number of ether oxygens (including phenoxy) is 1. The van der Waals surface area contributed by atoms with E-state index in [4.69, 9.17) is 4.74 Å². The maximum Gasteiger partial charge on any atom is 0.194 e. The summed E-state index contributed by atoms with van der Waals surface area (Å²) in [4.78, 5) is 0. The third kappa shape index (κ3) is 7.51. The fourth-order valence-electron chi connectivity index (χ4n) is 5.77. The number of benzene rings is 1. The Bertz CT molecular complexity index is 646. The zero-order chi connectivity index (χ0) is 22.1. The van der Waals surface area contributed by atoms with Crippen LogP contribution in [0.4, 0.5) is 13.2 Å². The third-order valence-corrected chi connectivity index (χ3v) is 7.83. The van der Waals surface area contributed by atoms with E-state index in [0.29, 0.717) is 0 Å². The standard InChI is InChI=1S/C27H41F3O/c1-2-3-4-5-6-7-8-20-9-11-21(12-10-20)22-13-16-24(17-14-22)31-19-23-15-18-25(28)27(30)26(23)29/h15,18,20-22,24H,2-14,16-17,19H2,1H3. The molecule has 0 N–H and O–H groups in total. The number of hydrogen-bond acceptors (Lipinski definition) is 1. The van der Waals surface area contributed by atoms with E-state index >= 15 is 0 Å². The van der Waals surface area contributed by atoms with Gasteiger partial charge in [-0.2, -0.15) is 0 Å². The van der Waals surface area contributed by atoms with Gasteiger partial charge in [0, 0.05) is 5.56 Å². The summed E-state index contributed by atoms with van der Waals surface area (Å²) in [6, 6.07) is 2.25. The van der Waals surface area contributed by atoms with Crippen LogP contribution in [0.2, 0.25) is 0 Å². The molecule has 2 aliphatic rings. The second-order valence-corrected chi connectivity index (χ2v) is 10.0. The summed E-state index contributed by atoms with van der Waals surface area (Å²) in [5.41, 5.74) is 0.102. The minimum absolute atomic E-state index is 0.0158. The van der Waals surface area contributed by atoms with Gasteiger partial charge in [0.1, 0.15) is 0 Å². The Morgan fingerprint density at radius 3 is 2.03 bits per heavy atom. The van der Waals surface area contributed by atoms with E-state index in [9.17, 15) is 13.2 Å². The van der Waals surface area contributed by atoms with Gasteiger partial charge in [-0.3, -0.25) is 0 Å². The van der Waals surface area contributed by atoms with Crippen LogP contribution in [0.3, 0.4) is 0 Å². The Morgan fingerprint density at radius 1 is 0.742 bits per heavy atom. The fraction of sp³-hybridized carbons (Fsp3) is 0.778. The van der Waals surface area contributed by atoms with Gasteiger partial charge < -0.3 is 4.74 Å². The van der Waals surface area contributed by atoms with Crippen molar-refractivity contribution >= 4 is 0 Å². The predicted molar refractivity (Wildman–Crippen MR) is 120 cm³/mol. The van der Waals surface area contributed by atoms with Gasteiger partial charge in [0.25, 0.3) is 0 Å². The fourth-order valence-corrected chi connectivity index (χ4v) is 5.77. The lowest BCUT2D eigenvalue weighted by molar-refractivity contribution is -0.00409. The zero-order valence-corrected chi connectivity index (χ0v) is 19.3. The molecule has 0 aliphatic heterocycles. The molecule has 0 spiro atoms. The van der Waals surface area contributed by atoms with Gasteiger partial charge >= 0.3 is 0 Å². The van der Waals surface area contributed by atoms with Crippen LogP contribution in [-0.4, -0.2) is 6.10 Å². The van der Waals surface area contributed by atoms with Crippen LogP contribution in [0.1, 0.15) is 109 Å². The summed E-state index contributed by atoms with van der Waals surface area (Å²) in [5, 5.41) is 0. The molecule has 0 radical (unpaired) electrons. The molecule has 4 heteroatoms. The Kier molecular flexibility index (Phi) is 10.2. The molecule has 0 heterocycles. The molecule has 0 amide bonds. The van der Waals surface area contributed by atoms with Crippen LogP contribution in [-0.2, 0) is 11.3 Å². The van der Waals surface area contributed by atoms with Gasteiger partial charge in [0.15, 0.2) is 17.5 Å². The Hall–Kier alpha value is -1.03. The van der Waals surface area contributed by atoms with E-state index in [1.54, 1.807) is 0 Å². The van der Waals surface area contributed by atoms with Gasteiger partial charge in [-0.15, -0.1) is 0 Å². The first-order chi connectivity index (χ1) is 15.1. The molecule has 1 aromatic carbocycles. The Labute approximate surface area is 187 Å². The van der Waals surface area contributed by atoms with Crippen molar-refractivity contribution in [1.29, 1.82) is 0 Å². The van der Waals surface area contributed by atoms with Crippen molar-refractivity contribution in [3.05, 3.63) is 35.1 Å².